The number of hydrogen-bond acceptors (Lipinski definition) is 2. The van der Waals surface area contributed by atoms with Gasteiger partial charge in [0.25, 0.3) is 0 Å². The molecule has 4 nitrogen and oxygen atoms in total. The molecule has 0 spiro atoms. The van der Waals surface area contributed by atoms with Crippen LogP contribution >= 0.6 is 15.9 Å². The van der Waals surface area contributed by atoms with Gasteiger partial charge < -0.3 is 15.3 Å². The Morgan fingerprint density at radius 3 is 2.47 bits per heavy atom. The molecule has 0 saturated heterocycles. The number of carboxylic acid groups (broad SMARTS) is 1. The Labute approximate surface area is 110 Å². The number of carbonyl (C=O) groups is 1. The lowest BCUT2D eigenvalue weighted by atomic mass is 10.1. The molecular formula is C12H17BrN2O2. The summed E-state index contributed by atoms with van der Waals surface area (Å²) < 4.78 is 1.05. The first-order valence-corrected chi connectivity index (χ1v) is 6.16. The van der Waals surface area contributed by atoms with Crippen molar-refractivity contribution in [3.05, 3.63) is 34.3 Å². The van der Waals surface area contributed by atoms with E-state index in [2.05, 4.69) is 21.2 Å². The number of amides is 1. The van der Waals surface area contributed by atoms with Crippen molar-refractivity contribution < 1.29 is 9.90 Å². The Kier molecular flexibility index (Phi) is 5.44. The number of halogens is 1. The van der Waals surface area contributed by atoms with Gasteiger partial charge in [0.1, 0.15) is 0 Å². The summed E-state index contributed by atoms with van der Waals surface area (Å²) >= 11 is 3.39. The Hall–Kier alpha value is -1.07. The maximum atomic E-state index is 10.5. The van der Waals surface area contributed by atoms with Gasteiger partial charge in [-0.25, -0.2) is 4.79 Å². The van der Waals surface area contributed by atoms with Gasteiger partial charge >= 0.3 is 6.09 Å². The monoisotopic (exact) mass is 300 g/mol. The van der Waals surface area contributed by atoms with E-state index in [4.69, 9.17) is 5.11 Å². The van der Waals surface area contributed by atoms with Crippen LogP contribution in [0.5, 0.6) is 0 Å². The summed E-state index contributed by atoms with van der Waals surface area (Å²) in [6, 6.07) is 8.23. The van der Waals surface area contributed by atoms with E-state index < -0.39 is 6.09 Å². The number of rotatable bonds is 5. The van der Waals surface area contributed by atoms with Crippen LogP contribution in [0.2, 0.25) is 0 Å². The van der Waals surface area contributed by atoms with Crippen LogP contribution in [0.15, 0.2) is 28.7 Å². The second-order valence-corrected chi connectivity index (χ2v) is 5.05. The second kappa shape index (κ2) is 6.61. The summed E-state index contributed by atoms with van der Waals surface area (Å²) in [5.41, 5.74) is 1.19. The van der Waals surface area contributed by atoms with Crippen molar-refractivity contribution in [2.45, 2.75) is 12.5 Å². The average Bonchev–Trinajstić information content (AvgIpc) is 2.26. The summed E-state index contributed by atoms with van der Waals surface area (Å²) in [6.07, 6.45) is -0.159. The third-order valence-corrected chi connectivity index (χ3v) is 3.13. The summed E-state index contributed by atoms with van der Waals surface area (Å²) in [6.45, 7) is 0.429. The number of nitrogens with zero attached hydrogens (tertiary/aromatic N) is 1. The lowest BCUT2D eigenvalue weighted by Crippen LogP contribution is -2.41. The predicted octanol–water partition coefficient (Wildman–Crippen LogP) is 2.19. The molecule has 0 aliphatic carbocycles. The Morgan fingerprint density at radius 1 is 1.41 bits per heavy atom. The minimum Gasteiger partial charge on any atom is -0.465 e. The standard InChI is InChI=1S/C12H17BrN2O2/c1-15(2)11(8-14-12(16)17)7-9-3-5-10(13)6-4-9/h3-6,11,14H,7-8H2,1-2H3,(H,16,17)/t11-/m0/s1. The number of hydrogen-bond donors (Lipinski definition) is 2. The number of likely N-dealkylation sites (N-methyl/N-ethyl adjacent to an activating group) is 1. The molecule has 5 heteroatoms. The Morgan fingerprint density at radius 2 is 2.00 bits per heavy atom. The topological polar surface area (TPSA) is 52.6 Å². The van der Waals surface area contributed by atoms with Crippen LogP contribution in [-0.2, 0) is 6.42 Å². The normalized spacial score (nSPS) is 12.5. The molecule has 1 atom stereocenters. The number of nitrogens with one attached hydrogen (secondary N) is 1. The molecule has 0 unspecified atom stereocenters. The molecule has 1 aromatic rings. The minimum absolute atomic E-state index is 0.160. The van der Waals surface area contributed by atoms with Crippen LogP contribution in [0.4, 0.5) is 4.79 Å². The van der Waals surface area contributed by atoms with Gasteiger partial charge in [0.2, 0.25) is 0 Å². The minimum atomic E-state index is -0.979. The van der Waals surface area contributed by atoms with Crippen molar-refractivity contribution in [3.63, 3.8) is 0 Å². The molecule has 0 aromatic heterocycles. The Balaban J connectivity index is 2.60. The lowest BCUT2D eigenvalue weighted by molar-refractivity contribution is 0.188. The SMILES string of the molecule is CN(C)[C@H](CNC(=O)O)Cc1ccc(Br)cc1. The highest BCUT2D eigenvalue weighted by atomic mass is 79.9. The highest BCUT2D eigenvalue weighted by molar-refractivity contribution is 9.10. The zero-order valence-electron chi connectivity index (χ0n) is 9.98. The van der Waals surface area contributed by atoms with E-state index in [9.17, 15) is 4.79 Å². The zero-order valence-corrected chi connectivity index (χ0v) is 11.6. The van der Waals surface area contributed by atoms with Crippen LogP contribution < -0.4 is 5.32 Å². The summed E-state index contributed by atoms with van der Waals surface area (Å²) in [5, 5.41) is 11.0. The predicted molar refractivity (Wildman–Crippen MR) is 71.3 cm³/mol. The van der Waals surface area contributed by atoms with E-state index in [0.29, 0.717) is 6.54 Å². The molecule has 2 N–H and O–H groups in total. The average molecular weight is 301 g/mol. The molecule has 0 bridgehead atoms. The maximum Gasteiger partial charge on any atom is 0.404 e. The molecule has 0 heterocycles. The molecule has 0 aliphatic heterocycles. The molecule has 1 amide bonds. The fourth-order valence-corrected chi connectivity index (χ4v) is 1.80. The van der Waals surface area contributed by atoms with Crippen molar-refractivity contribution >= 4 is 22.0 Å². The van der Waals surface area contributed by atoms with Gasteiger partial charge in [-0.3, -0.25) is 0 Å². The highest BCUT2D eigenvalue weighted by Crippen LogP contribution is 2.12. The first-order valence-electron chi connectivity index (χ1n) is 5.36. The summed E-state index contributed by atoms with van der Waals surface area (Å²) in [5.74, 6) is 0. The summed E-state index contributed by atoms with van der Waals surface area (Å²) in [4.78, 5) is 12.5. The van der Waals surface area contributed by atoms with Crippen LogP contribution in [0.1, 0.15) is 5.56 Å². The molecule has 94 valence electrons. The molecule has 0 aliphatic rings. The van der Waals surface area contributed by atoms with E-state index in [1.165, 1.54) is 5.56 Å². The van der Waals surface area contributed by atoms with Gasteiger partial charge in [-0.15, -0.1) is 0 Å². The first-order chi connectivity index (χ1) is 7.99. The molecule has 0 fully saturated rings. The Bertz CT molecular complexity index is 365. The smallest absolute Gasteiger partial charge is 0.404 e. The van der Waals surface area contributed by atoms with Crippen molar-refractivity contribution in [1.82, 2.24) is 10.2 Å². The van der Waals surface area contributed by atoms with Crippen molar-refractivity contribution in [1.29, 1.82) is 0 Å². The second-order valence-electron chi connectivity index (χ2n) is 4.13. The van der Waals surface area contributed by atoms with E-state index in [1.807, 2.05) is 43.3 Å². The third kappa shape index (κ3) is 5.19. The van der Waals surface area contributed by atoms with Crippen LogP contribution in [0.3, 0.4) is 0 Å². The van der Waals surface area contributed by atoms with Gasteiger partial charge in [0.15, 0.2) is 0 Å². The molecule has 17 heavy (non-hydrogen) atoms. The third-order valence-electron chi connectivity index (χ3n) is 2.60. The largest absolute Gasteiger partial charge is 0.465 e. The number of benzene rings is 1. The summed E-state index contributed by atoms with van der Waals surface area (Å²) in [7, 11) is 3.90. The molecule has 1 rings (SSSR count). The van der Waals surface area contributed by atoms with Gasteiger partial charge in [0.05, 0.1) is 0 Å². The maximum absolute atomic E-state index is 10.5. The van der Waals surface area contributed by atoms with Gasteiger partial charge in [-0.2, -0.15) is 0 Å². The molecule has 0 radical (unpaired) electrons. The van der Waals surface area contributed by atoms with E-state index in [1.54, 1.807) is 0 Å². The molecule has 1 aromatic carbocycles. The van der Waals surface area contributed by atoms with E-state index in [0.717, 1.165) is 10.9 Å². The van der Waals surface area contributed by atoms with Crippen molar-refractivity contribution in [2.75, 3.05) is 20.6 Å². The fourth-order valence-electron chi connectivity index (χ4n) is 1.54. The molecule has 0 saturated carbocycles. The van der Waals surface area contributed by atoms with Crippen molar-refractivity contribution in [3.8, 4) is 0 Å². The fraction of sp³-hybridized carbons (Fsp3) is 0.417. The van der Waals surface area contributed by atoms with Crippen LogP contribution in [0, 0.1) is 0 Å². The highest BCUT2D eigenvalue weighted by Gasteiger charge is 2.13. The zero-order chi connectivity index (χ0) is 12.8. The lowest BCUT2D eigenvalue weighted by Gasteiger charge is -2.24. The first kappa shape index (κ1) is 14.0. The van der Waals surface area contributed by atoms with E-state index >= 15 is 0 Å². The van der Waals surface area contributed by atoms with Gasteiger partial charge in [-0.1, -0.05) is 28.1 Å². The van der Waals surface area contributed by atoms with E-state index in [-0.39, 0.29) is 6.04 Å². The van der Waals surface area contributed by atoms with Crippen LogP contribution in [0.25, 0.3) is 0 Å². The van der Waals surface area contributed by atoms with Gasteiger partial charge in [0, 0.05) is 17.1 Å². The van der Waals surface area contributed by atoms with Crippen molar-refractivity contribution in [2.24, 2.45) is 0 Å². The van der Waals surface area contributed by atoms with Gasteiger partial charge in [-0.05, 0) is 38.2 Å². The van der Waals surface area contributed by atoms with Crippen LogP contribution in [-0.4, -0.2) is 42.8 Å². The quantitative estimate of drug-likeness (QED) is 0.876. The molecular weight excluding hydrogens is 284 g/mol.